The van der Waals surface area contributed by atoms with E-state index in [0.29, 0.717) is 6.61 Å². The Labute approximate surface area is 124 Å². The summed E-state index contributed by atoms with van der Waals surface area (Å²) in [5, 5.41) is 11.3. The molecule has 0 saturated carbocycles. The van der Waals surface area contributed by atoms with Gasteiger partial charge in [-0.2, -0.15) is 4.80 Å². The number of hydrogen-bond donors (Lipinski definition) is 0. The van der Waals surface area contributed by atoms with Crippen LogP contribution in [0.1, 0.15) is 31.6 Å². The molecule has 0 fully saturated rings. The summed E-state index contributed by atoms with van der Waals surface area (Å²) in [5.74, 6) is -0.261. The minimum absolute atomic E-state index is 0.0993. The first-order valence-electron chi connectivity index (χ1n) is 6.55. The van der Waals surface area contributed by atoms with Crippen LogP contribution in [0, 0.1) is 0 Å². The summed E-state index contributed by atoms with van der Waals surface area (Å²) in [6.07, 6.45) is -3.64. The third kappa shape index (κ3) is 4.69. The van der Waals surface area contributed by atoms with Crippen LogP contribution in [0.3, 0.4) is 0 Å². The van der Waals surface area contributed by atoms with Crippen LogP contribution in [0.5, 0.6) is 5.75 Å². The first-order chi connectivity index (χ1) is 10.3. The maximum atomic E-state index is 12.1. The van der Waals surface area contributed by atoms with Crippen LogP contribution in [-0.2, 0) is 4.74 Å². The van der Waals surface area contributed by atoms with Gasteiger partial charge in [0.2, 0.25) is 0 Å². The molecule has 0 bridgehead atoms. The van der Waals surface area contributed by atoms with Gasteiger partial charge in [0.1, 0.15) is 5.75 Å². The predicted octanol–water partition coefficient (Wildman–Crippen LogP) is 2.91. The molecule has 0 aliphatic rings. The zero-order valence-corrected chi connectivity index (χ0v) is 12.0. The summed E-state index contributed by atoms with van der Waals surface area (Å²) in [7, 11) is 0. The van der Waals surface area contributed by atoms with Gasteiger partial charge >= 0.3 is 6.36 Å². The number of rotatable bonds is 6. The summed E-state index contributed by atoms with van der Waals surface area (Å²) < 4.78 is 45.7. The normalized spacial score (nSPS) is 14.6. The van der Waals surface area contributed by atoms with Crippen molar-refractivity contribution in [2.45, 2.75) is 32.4 Å². The molecule has 120 valence electrons. The van der Waals surface area contributed by atoms with E-state index in [1.165, 1.54) is 35.4 Å². The standard InChI is InChI=1S/C13H15F3N4O2/c1-9(20-18-8-17-19-20)7-21-10(2)11-3-5-12(6-4-11)22-13(14,15)16/h3-6,8-10H,7H2,1-2H3. The number of hydrogen-bond acceptors (Lipinski definition) is 5. The Morgan fingerprint density at radius 3 is 2.41 bits per heavy atom. The van der Waals surface area contributed by atoms with Gasteiger partial charge in [0.25, 0.3) is 0 Å². The fraction of sp³-hybridized carbons (Fsp3) is 0.462. The van der Waals surface area contributed by atoms with Crippen molar-refractivity contribution in [3.8, 4) is 5.75 Å². The Balaban J connectivity index is 1.88. The van der Waals surface area contributed by atoms with E-state index in [0.717, 1.165) is 5.56 Å². The lowest BCUT2D eigenvalue weighted by Crippen LogP contribution is -2.17. The van der Waals surface area contributed by atoms with Crippen molar-refractivity contribution in [2.24, 2.45) is 0 Å². The molecule has 9 heteroatoms. The zero-order valence-electron chi connectivity index (χ0n) is 12.0. The van der Waals surface area contributed by atoms with E-state index in [4.69, 9.17) is 4.74 Å². The van der Waals surface area contributed by atoms with Gasteiger partial charge in [0.05, 0.1) is 18.8 Å². The molecule has 0 spiro atoms. The highest BCUT2D eigenvalue weighted by molar-refractivity contribution is 5.28. The van der Waals surface area contributed by atoms with E-state index >= 15 is 0 Å². The molecule has 2 atom stereocenters. The van der Waals surface area contributed by atoms with Crippen LogP contribution in [0.2, 0.25) is 0 Å². The van der Waals surface area contributed by atoms with Crippen molar-refractivity contribution < 1.29 is 22.6 Å². The minimum Gasteiger partial charge on any atom is -0.406 e. The Morgan fingerprint density at radius 2 is 1.86 bits per heavy atom. The molecule has 0 aliphatic carbocycles. The molecule has 0 N–H and O–H groups in total. The van der Waals surface area contributed by atoms with Crippen LogP contribution in [0.15, 0.2) is 30.6 Å². The highest BCUT2D eigenvalue weighted by atomic mass is 19.4. The lowest BCUT2D eigenvalue weighted by Gasteiger charge is -2.17. The van der Waals surface area contributed by atoms with Gasteiger partial charge in [0, 0.05) is 0 Å². The molecule has 0 saturated heterocycles. The van der Waals surface area contributed by atoms with Crippen molar-refractivity contribution >= 4 is 0 Å². The smallest absolute Gasteiger partial charge is 0.406 e. The van der Waals surface area contributed by atoms with Gasteiger partial charge in [0.15, 0.2) is 6.33 Å². The summed E-state index contributed by atoms with van der Waals surface area (Å²) in [6, 6.07) is 5.47. The monoisotopic (exact) mass is 316 g/mol. The highest BCUT2D eigenvalue weighted by Gasteiger charge is 2.31. The van der Waals surface area contributed by atoms with Crippen LogP contribution in [0.4, 0.5) is 13.2 Å². The van der Waals surface area contributed by atoms with Crippen molar-refractivity contribution in [3.05, 3.63) is 36.2 Å². The lowest BCUT2D eigenvalue weighted by atomic mass is 10.1. The molecule has 1 aromatic heterocycles. The third-order valence-electron chi connectivity index (χ3n) is 2.93. The van der Waals surface area contributed by atoms with Crippen LogP contribution >= 0.6 is 0 Å². The van der Waals surface area contributed by atoms with E-state index in [1.54, 1.807) is 6.92 Å². The quantitative estimate of drug-likeness (QED) is 0.820. The Morgan fingerprint density at radius 1 is 1.18 bits per heavy atom. The Kier molecular flexibility index (Phi) is 4.96. The molecule has 2 rings (SSSR count). The molecule has 2 aromatic rings. The maximum absolute atomic E-state index is 12.1. The second kappa shape index (κ2) is 6.73. The van der Waals surface area contributed by atoms with E-state index in [9.17, 15) is 13.2 Å². The zero-order chi connectivity index (χ0) is 16.2. The van der Waals surface area contributed by atoms with Crippen molar-refractivity contribution in [1.82, 2.24) is 20.2 Å². The minimum atomic E-state index is -4.69. The molecule has 1 heterocycles. The number of nitrogens with zero attached hydrogens (tertiary/aromatic N) is 4. The summed E-state index contributed by atoms with van der Waals surface area (Å²) >= 11 is 0. The molecule has 22 heavy (non-hydrogen) atoms. The molecule has 0 radical (unpaired) electrons. The molecule has 1 aromatic carbocycles. The van der Waals surface area contributed by atoms with Crippen molar-refractivity contribution in [1.29, 1.82) is 0 Å². The first kappa shape index (κ1) is 16.2. The summed E-state index contributed by atoms with van der Waals surface area (Å²) in [6.45, 7) is 4.02. The number of benzene rings is 1. The number of halogens is 3. The van der Waals surface area contributed by atoms with E-state index < -0.39 is 6.36 Å². The molecule has 6 nitrogen and oxygen atoms in total. The van der Waals surface area contributed by atoms with Crippen molar-refractivity contribution in [2.75, 3.05) is 6.61 Å². The average Bonchev–Trinajstić information content (AvgIpc) is 2.97. The molecule has 0 aliphatic heterocycles. The number of ether oxygens (including phenoxy) is 2. The second-order valence-corrected chi connectivity index (χ2v) is 4.70. The van der Waals surface area contributed by atoms with Crippen LogP contribution in [-0.4, -0.2) is 33.2 Å². The fourth-order valence-corrected chi connectivity index (χ4v) is 1.76. The van der Waals surface area contributed by atoms with E-state index in [1.807, 2.05) is 6.92 Å². The topological polar surface area (TPSA) is 62.1 Å². The number of aromatic nitrogens is 4. The second-order valence-electron chi connectivity index (χ2n) is 4.70. The van der Waals surface area contributed by atoms with Gasteiger partial charge in [-0.15, -0.1) is 23.4 Å². The third-order valence-corrected chi connectivity index (χ3v) is 2.93. The maximum Gasteiger partial charge on any atom is 0.573 e. The number of alkyl halides is 3. The van der Waals surface area contributed by atoms with Crippen molar-refractivity contribution in [3.63, 3.8) is 0 Å². The summed E-state index contributed by atoms with van der Waals surface area (Å²) in [5.41, 5.74) is 0.744. The van der Waals surface area contributed by atoms with E-state index in [-0.39, 0.29) is 17.9 Å². The molecular weight excluding hydrogens is 301 g/mol. The first-order valence-corrected chi connectivity index (χ1v) is 6.55. The van der Waals surface area contributed by atoms with Crippen LogP contribution < -0.4 is 4.74 Å². The van der Waals surface area contributed by atoms with Gasteiger partial charge in [-0.3, -0.25) is 0 Å². The van der Waals surface area contributed by atoms with Crippen LogP contribution in [0.25, 0.3) is 0 Å². The Hall–Kier alpha value is -2.16. The summed E-state index contributed by atoms with van der Waals surface area (Å²) in [4.78, 5) is 1.42. The lowest BCUT2D eigenvalue weighted by molar-refractivity contribution is -0.274. The van der Waals surface area contributed by atoms with Gasteiger partial charge in [-0.25, -0.2) is 0 Å². The predicted molar refractivity (Wildman–Crippen MR) is 70.0 cm³/mol. The Bertz CT molecular complexity index is 572. The number of tetrazole rings is 1. The average molecular weight is 316 g/mol. The largest absolute Gasteiger partial charge is 0.573 e. The van der Waals surface area contributed by atoms with Gasteiger partial charge in [-0.05, 0) is 36.8 Å². The van der Waals surface area contributed by atoms with Gasteiger partial charge < -0.3 is 9.47 Å². The molecule has 2 unspecified atom stereocenters. The van der Waals surface area contributed by atoms with Gasteiger partial charge in [-0.1, -0.05) is 12.1 Å². The molecular formula is C13H15F3N4O2. The van der Waals surface area contributed by atoms with E-state index in [2.05, 4.69) is 20.1 Å². The highest BCUT2D eigenvalue weighted by Crippen LogP contribution is 2.25. The fourth-order valence-electron chi connectivity index (χ4n) is 1.76. The SMILES string of the molecule is CC(OCC(C)n1ncnn1)c1ccc(OC(F)(F)F)cc1. The molecule has 0 amide bonds.